The van der Waals surface area contributed by atoms with Crippen molar-refractivity contribution in [2.24, 2.45) is 0 Å². The number of methoxy groups -OCH3 is 1. The van der Waals surface area contributed by atoms with Gasteiger partial charge < -0.3 is 15.2 Å². The van der Waals surface area contributed by atoms with Crippen LogP contribution in [0.15, 0.2) is 24.3 Å². The van der Waals surface area contributed by atoms with Gasteiger partial charge in [-0.25, -0.2) is 0 Å². The Kier molecular flexibility index (Phi) is 6.97. The van der Waals surface area contributed by atoms with Crippen molar-refractivity contribution in [2.45, 2.75) is 32.1 Å². The van der Waals surface area contributed by atoms with Gasteiger partial charge in [0.2, 0.25) is 5.91 Å². The highest BCUT2D eigenvalue weighted by molar-refractivity contribution is 5.83. The summed E-state index contributed by atoms with van der Waals surface area (Å²) in [5.41, 5.74) is 0.901. The fourth-order valence-corrected chi connectivity index (χ4v) is 1.94. The summed E-state index contributed by atoms with van der Waals surface area (Å²) in [6, 6.07) is 7.57. The molecule has 2 N–H and O–H groups in total. The Bertz CT molecular complexity index is 393. The molecule has 0 spiro atoms. The van der Waals surface area contributed by atoms with Crippen molar-refractivity contribution in [1.82, 2.24) is 5.32 Å². The maximum absolute atomic E-state index is 12.0. The van der Waals surface area contributed by atoms with Crippen LogP contribution in [0.2, 0.25) is 0 Å². The molecule has 0 aromatic heterocycles. The first-order chi connectivity index (χ1) is 9.20. The minimum absolute atomic E-state index is 0.00787. The molecular weight excluding hydrogens is 242 g/mol. The Hall–Kier alpha value is -1.55. The number of ether oxygens (including phenoxy) is 1. The van der Waals surface area contributed by atoms with Gasteiger partial charge in [0, 0.05) is 18.7 Å². The number of aliphatic hydroxyl groups is 1. The molecule has 0 aliphatic rings. The Morgan fingerprint density at radius 3 is 2.74 bits per heavy atom. The lowest BCUT2D eigenvalue weighted by Crippen LogP contribution is -2.29. The summed E-state index contributed by atoms with van der Waals surface area (Å²) >= 11 is 0. The van der Waals surface area contributed by atoms with Crippen LogP contribution in [-0.4, -0.2) is 31.3 Å². The fourth-order valence-electron chi connectivity index (χ4n) is 1.94. The number of rotatable bonds is 8. The Morgan fingerprint density at radius 2 is 2.05 bits per heavy atom. The SMILES string of the molecule is COc1ccccc1C(C)C(=O)NCCCCCO. The van der Waals surface area contributed by atoms with Crippen molar-refractivity contribution >= 4 is 5.91 Å². The molecular formula is C15H23NO3. The summed E-state index contributed by atoms with van der Waals surface area (Å²) in [4.78, 5) is 12.0. The number of hydrogen-bond donors (Lipinski definition) is 2. The molecule has 1 rings (SSSR count). The number of aliphatic hydroxyl groups excluding tert-OH is 1. The predicted octanol–water partition coefficient (Wildman–Crippen LogP) is 2.08. The molecule has 0 saturated heterocycles. The summed E-state index contributed by atoms with van der Waals surface area (Å²) < 4.78 is 5.27. The van der Waals surface area contributed by atoms with E-state index in [2.05, 4.69) is 5.32 Å². The molecule has 1 aromatic carbocycles. The number of benzene rings is 1. The third-order valence-electron chi connectivity index (χ3n) is 3.13. The molecule has 0 aliphatic heterocycles. The molecule has 19 heavy (non-hydrogen) atoms. The van der Waals surface area contributed by atoms with Crippen molar-refractivity contribution in [3.05, 3.63) is 29.8 Å². The average Bonchev–Trinajstić information content (AvgIpc) is 2.46. The van der Waals surface area contributed by atoms with Gasteiger partial charge in [0.15, 0.2) is 0 Å². The van der Waals surface area contributed by atoms with Crippen LogP contribution in [-0.2, 0) is 4.79 Å². The van der Waals surface area contributed by atoms with Crippen LogP contribution in [0.3, 0.4) is 0 Å². The zero-order chi connectivity index (χ0) is 14.1. The summed E-state index contributed by atoms with van der Waals surface area (Å²) in [6.45, 7) is 2.74. The van der Waals surface area contributed by atoms with Gasteiger partial charge in [0.05, 0.1) is 13.0 Å². The molecule has 0 bridgehead atoms. The molecule has 0 saturated carbocycles. The van der Waals surface area contributed by atoms with E-state index >= 15 is 0 Å². The van der Waals surface area contributed by atoms with E-state index in [4.69, 9.17) is 9.84 Å². The lowest BCUT2D eigenvalue weighted by Gasteiger charge is -2.15. The molecule has 1 unspecified atom stereocenters. The second-order valence-electron chi connectivity index (χ2n) is 4.54. The maximum atomic E-state index is 12.0. The number of carbonyl (C=O) groups is 1. The highest BCUT2D eigenvalue weighted by Gasteiger charge is 2.17. The van der Waals surface area contributed by atoms with Crippen molar-refractivity contribution in [2.75, 3.05) is 20.3 Å². The van der Waals surface area contributed by atoms with Gasteiger partial charge in [-0.1, -0.05) is 18.2 Å². The molecule has 4 heteroatoms. The lowest BCUT2D eigenvalue weighted by atomic mass is 9.99. The van der Waals surface area contributed by atoms with Crippen molar-refractivity contribution < 1.29 is 14.6 Å². The highest BCUT2D eigenvalue weighted by Crippen LogP contribution is 2.26. The van der Waals surface area contributed by atoms with E-state index in [1.165, 1.54) is 0 Å². The minimum Gasteiger partial charge on any atom is -0.496 e. The molecule has 1 amide bonds. The van der Waals surface area contributed by atoms with Gasteiger partial charge in [-0.2, -0.15) is 0 Å². The summed E-state index contributed by atoms with van der Waals surface area (Å²) in [5.74, 6) is 0.521. The van der Waals surface area contributed by atoms with E-state index in [-0.39, 0.29) is 18.4 Å². The third kappa shape index (κ3) is 4.91. The molecule has 0 heterocycles. The monoisotopic (exact) mass is 265 g/mol. The molecule has 1 aromatic rings. The molecule has 0 radical (unpaired) electrons. The van der Waals surface area contributed by atoms with Crippen LogP contribution in [0.5, 0.6) is 5.75 Å². The molecule has 4 nitrogen and oxygen atoms in total. The first-order valence-electron chi connectivity index (χ1n) is 6.72. The van der Waals surface area contributed by atoms with Gasteiger partial charge in [0.1, 0.15) is 5.75 Å². The van der Waals surface area contributed by atoms with Crippen LogP contribution < -0.4 is 10.1 Å². The van der Waals surface area contributed by atoms with E-state index in [0.717, 1.165) is 30.6 Å². The smallest absolute Gasteiger partial charge is 0.227 e. The fraction of sp³-hybridized carbons (Fsp3) is 0.533. The summed E-state index contributed by atoms with van der Waals surface area (Å²) in [5, 5.41) is 11.6. The standard InChI is InChI=1S/C15H23NO3/c1-12(13-8-4-5-9-14(13)19-2)15(18)16-10-6-3-7-11-17/h4-5,8-9,12,17H,3,6-7,10-11H2,1-2H3,(H,16,18). The van der Waals surface area contributed by atoms with E-state index in [9.17, 15) is 4.79 Å². The van der Waals surface area contributed by atoms with Crippen LogP contribution in [0.25, 0.3) is 0 Å². The topological polar surface area (TPSA) is 58.6 Å². The largest absolute Gasteiger partial charge is 0.496 e. The maximum Gasteiger partial charge on any atom is 0.227 e. The molecule has 0 fully saturated rings. The number of amides is 1. The van der Waals surface area contributed by atoms with Gasteiger partial charge >= 0.3 is 0 Å². The Morgan fingerprint density at radius 1 is 1.32 bits per heavy atom. The quantitative estimate of drug-likeness (QED) is 0.707. The highest BCUT2D eigenvalue weighted by atomic mass is 16.5. The number of unbranched alkanes of at least 4 members (excludes halogenated alkanes) is 2. The van der Waals surface area contributed by atoms with Crippen molar-refractivity contribution in [1.29, 1.82) is 0 Å². The van der Waals surface area contributed by atoms with Crippen molar-refractivity contribution in [3.63, 3.8) is 0 Å². The van der Waals surface area contributed by atoms with Crippen LogP contribution >= 0.6 is 0 Å². The Balaban J connectivity index is 2.47. The van der Waals surface area contributed by atoms with Gasteiger partial charge in [-0.3, -0.25) is 4.79 Å². The van der Waals surface area contributed by atoms with Crippen LogP contribution in [0, 0.1) is 0 Å². The van der Waals surface area contributed by atoms with Crippen molar-refractivity contribution in [3.8, 4) is 5.75 Å². The third-order valence-corrected chi connectivity index (χ3v) is 3.13. The number of para-hydroxylation sites is 1. The van der Waals surface area contributed by atoms with E-state index in [0.29, 0.717) is 6.54 Å². The molecule has 106 valence electrons. The summed E-state index contributed by atoms with van der Waals surface area (Å²) in [7, 11) is 1.61. The molecule has 1 atom stereocenters. The van der Waals surface area contributed by atoms with E-state index < -0.39 is 0 Å². The number of hydrogen-bond acceptors (Lipinski definition) is 3. The predicted molar refractivity (Wildman–Crippen MR) is 75.4 cm³/mol. The second kappa shape index (κ2) is 8.53. The minimum atomic E-state index is -0.228. The zero-order valence-electron chi connectivity index (χ0n) is 11.7. The van der Waals surface area contributed by atoms with Gasteiger partial charge in [-0.05, 0) is 32.3 Å². The lowest BCUT2D eigenvalue weighted by molar-refractivity contribution is -0.122. The first-order valence-corrected chi connectivity index (χ1v) is 6.72. The number of nitrogens with one attached hydrogen (secondary N) is 1. The van der Waals surface area contributed by atoms with E-state index in [1.54, 1.807) is 7.11 Å². The van der Waals surface area contributed by atoms with Crippen LogP contribution in [0.4, 0.5) is 0 Å². The van der Waals surface area contributed by atoms with E-state index in [1.807, 2.05) is 31.2 Å². The Labute approximate surface area is 114 Å². The number of carbonyl (C=O) groups excluding carboxylic acids is 1. The second-order valence-corrected chi connectivity index (χ2v) is 4.54. The summed E-state index contributed by atoms with van der Waals surface area (Å²) in [6.07, 6.45) is 2.61. The average molecular weight is 265 g/mol. The molecule has 0 aliphatic carbocycles. The first kappa shape index (κ1) is 15.5. The zero-order valence-corrected chi connectivity index (χ0v) is 11.7. The normalized spacial score (nSPS) is 11.9. The van der Waals surface area contributed by atoms with Gasteiger partial charge in [0.25, 0.3) is 0 Å². The van der Waals surface area contributed by atoms with Gasteiger partial charge in [-0.15, -0.1) is 0 Å². The van der Waals surface area contributed by atoms with Crippen LogP contribution in [0.1, 0.15) is 37.7 Å².